The number of carbonyl (C=O) groups is 3. The predicted octanol–water partition coefficient (Wildman–Crippen LogP) is 3.12. The molecule has 1 spiro atoms. The first-order valence-electron chi connectivity index (χ1n) is 10.8. The molecule has 3 amide bonds. The molecule has 0 bridgehead atoms. The first kappa shape index (κ1) is 20.9. The molecular formula is C24H22N4O5. The number of ether oxygens (including phenoxy) is 1. The number of urea groups is 1. The summed E-state index contributed by atoms with van der Waals surface area (Å²) in [5.74, 6) is -0.752. The van der Waals surface area contributed by atoms with Crippen LogP contribution in [0.25, 0.3) is 11.5 Å². The summed E-state index contributed by atoms with van der Waals surface area (Å²) in [5, 5.41) is 10.8. The van der Waals surface area contributed by atoms with Gasteiger partial charge in [0, 0.05) is 5.56 Å². The summed E-state index contributed by atoms with van der Waals surface area (Å²) < 4.78 is 11.0. The molecule has 5 rings (SSSR count). The van der Waals surface area contributed by atoms with E-state index in [2.05, 4.69) is 15.5 Å². The molecule has 168 valence electrons. The van der Waals surface area contributed by atoms with Gasteiger partial charge < -0.3 is 14.5 Å². The highest BCUT2D eigenvalue weighted by molar-refractivity contribution is 6.09. The van der Waals surface area contributed by atoms with Crippen LogP contribution in [0.3, 0.4) is 0 Å². The molecule has 1 aromatic heterocycles. The number of hydrogen-bond acceptors (Lipinski definition) is 7. The van der Waals surface area contributed by atoms with E-state index in [0.717, 1.165) is 34.4 Å². The number of aromatic nitrogens is 2. The van der Waals surface area contributed by atoms with Gasteiger partial charge in [-0.25, -0.2) is 4.79 Å². The van der Waals surface area contributed by atoms with Crippen LogP contribution >= 0.6 is 0 Å². The summed E-state index contributed by atoms with van der Waals surface area (Å²) in [6.45, 7) is 1.09. The quantitative estimate of drug-likeness (QED) is 0.473. The van der Waals surface area contributed by atoms with Gasteiger partial charge >= 0.3 is 12.0 Å². The average Bonchev–Trinajstić information content (AvgIpc) is 3.41. The van der Waals surface area contributed by atoms with Gasteiger partial charge in [-0.1, -0.05) is 42.5 Å². The summed E-state index contributed by atoms with van der Waals surface area (Å²) in [4.78, 5) is 39.5. The summed E-state index contributed by atoms with van der Waals surface area (Å²) >= 11 is 0. The first-order chi connectivity index (χ1) is 16.0. The van der Waals surface area contributed by atoms with Crippen molar-refractivity contribution < 1.29 is 23.5 Å². The van der Waals surface area contributed by atoms with E-state index in [0.29, 0.717) is 12.3 Å². The molecule has 1 aliphatic carbocycles. The second-order valence-electron chi connectivity index (χ2n) is 8.18. The van der Waals surface area contributed by atoms with E-state index in [4.69, 9.17) is 9.15 Å². The molecule has 0 radical (unpaired) electrons. The number of esters is 1. The number of fused-ring (bicyclic) bond motifs is 2. The summed E-state index contributed by atoms with van der Waals surface area (Å²) in [5.41, 5.74) is 1.43. The molecule has 2 aliphatic rings. The minimum Gasteiger partial charge on any atom is -0.451 e. The van der Waals surface area contributed by atoms with Crippen molar-refractivity contribution in [3.63, 3.8) is 0 Å². The Labute approximate surface area is 189 Å². The van der Waals surface area contributed by atoms with E-state index in [1.165, 1.54) is 0 Å². The zero-order chi connectivity index (χ0) is 23.0. The van der Waals surface area contributed by atoms with Crippen molar-refractivity contribution in [2.75, 3.05) is 6.54 Å². The van der Waals surface area contributed by atoms with Gasteiger partial charge in [0.1, 0.15) is 12.1 Å². The monoisotopic (exact) mass is 446 g/mol. The fourth-order valence-electron chi connectivity index (χ4n) is 4.47. The Bertz CT molecular complexity index is 1220. The van der Waals surface area contributed by atoms with Gasteiger partial charge in [0.25, 0.3) is 11.8 Å². The Morgan fingerprint density at radius 3 is 2.73 bits per heavy atom. The van der Waals surface area contributed by atoms with E-state index in [-0.39, 0.29) is 5.89 Å². The van der Waals surface area contributed by atoms with Gasteiger partial charge in [0.05, 0.1) is 0 Å². The fraction of sp³-hybridized carbons (Fsp3) is 0.292. The fourth-order valence-corrected chi connectivity index (χ4v) is 4.47. The lowest BCUT2D eigenvalue weighted by molar-refractivity contribution is -0.153. The second-order valence-corrected chi connectivity index (χ2v) is 8.18. The molecule has 1 N–H and O–H groups in total. The van der Waals surface area contributed by atoms with Crippen molar-refractivity contribution in [1.82, 2.24) is 20.4 Å². The SMILES string of the molecule is C[C@@H](OC(=O)CN1C(=O)N[C@]2(CCCc3ccccc32)C1=O)c1nnc(-c2ccccc2)o1. The molecule has 3 aromatic rings. The minimum absolute atomic E-state index is 0.122. The van der Waals surface area contributed by atoms with Crippen LogP contribution in [0.2, 0.25) is 0 Å². The smallest absolute Gasteiger partial charge is 0.327 e. The van der Waals surface area contributed by atoms with E-state index >= 15 is 0 Å². The van der Waals surface area contributed by atoms with Crippen molar-refractivity contribution in [2.24, 2.45) is 0 Å². The molecule has 2 heterocycles. The Morgan fingerprint density at radius 2 is 1.91 bits per heavy atom. The Hall–Kier alpha value is -4.01. The third-order valence-electron chi connectivity index (χ3n) is 6.06. The number of hydrogen-bond donors (Lipinski definition) is 1. The molecule has 2 atom stereocenters. The summed E-state index contributed by atoms with van der Waals surface area (Å²) in [6.07, 6.45) is 1.25. The zero-order valence-corrected chi connectivity index (χ0v) is 18.0. The molecule has 0 saturated carbocycles. The van der Waals surface area contributed by atoms with Crippen molar-refractivity contribution in [3.8, 4) is 11.5 Å². The Kier molecular flexibility index (Phi) is 5.16. The second kappa shape index (κ2) is 8.16. The van der Waals surface area contributed by atoms with Crippen molar-refractivity contribution >= 4 is 17.9 Å². The minimum atomic E-state index is -1.13. The standard InChI is InChI=1S/C24H22N4O5/c1-15(20-26-27-21(33-20)17-9-3-2-4-10-17)32-19(29)14-28-22(30)24(25-23(28)31)13-7-11-16-8-5-6-12-18(16)24/h2-6,8-10,12,15H,7,11,13-14H2,1H3,(H,25,31)/t15-,24+/m1/s1. The first-order valence-corrected chi connectivity index (χ1v) is 10.8. The zero-order valence-electron chi connectivity index (χ0n) is 18.0. The van der Waals surface area contributed by atoms with Gasteiger partial charge in [-0.3, -0.25) is 14.5 Å². The van der Waals surface area contributed by atoms with Gasteiger partial charge in [-0.05, 0) is 49.4 Å². The maximum atomic E-state index is 13.3. The van der Waals surface area contributed by atoms with E-state index < -0.39 is 36.1 Å². The van der Waals surface area contributed by atoms with E-state index in [9.17, 15) is 14.4 Å². The van der Waals surface area contributed by atoms with Gasteiger partial charge in [0.2, 0.25) is 5.89 Å². The number of benzene rings is 2. The van der Waals surface area contributed by atoms with Crippen LogP contribution in [0, 0.1) is 0 Å². The molecule has 2 aromatic carbocycles. The van der Waals surface area contributed by atoms with Crippen LogP contribution < -0.4 is 5.32 Å². The molecule has 9 nitrogen and oxygen atoms in total. The topological polar surface area (TPSA) is 115 Å². The maximum Gasteiger partial charge on any atom is 0.327 e. The number of carbonyl (C=O) groups excluding carboxylic acids is 3. The third-order valence-corrected chi connectivity index (χ3v) is 6.06. The highest BCUT2D eigenvalue weighted by Gasteiger charge is 2.54. The van der Waals surface area contributed by atoms with Gasteiger partial charge in [-0.2, -0.15) is 0 Å². The number of rotatable bonds is 5. The van der Waals surface area contributed by atoms with Gasteiger partial charge in [0.15, 0.2) is 6.10 Å². The normalized spacial score (nSPS) is 20.5. The largest absolute Gasteiger partial charge is 0.451 e. The van der Waals surface area contributed by atoms with E-state index in [1.54, 1.807) is 6.92 Å². The van der Waals surface area contributed by atoms with Gasteiger partial charge in [-0.15, -0.1) is 10.2 Å². The highest BCUT2D eigenvalue weighted by Crippen LogP contribution is 2.39. The molecule has 1 aliphatic heterocycles. The lowest BCUT2D eigenvalue weighted by atomic mass is 9.76. The number of imide groups is 1. The third kappa shape index (κ3) is 3.65. The van der Waals surface area contributed by atoms with Crippen molar-refractivity contribution in [2.45, 2.75) is 37.8 Å². The average molecular weight is 446 g/mol. The van der Waals surface area contributed by atoms with Crippen LogP contribution in [-0.2, 0) is 26.3 Å². The molecule has 0 unspecified atom stereocenters. The number of aryl methyl sites for hydroxylation is 1. The molecule has 33 heavy (non-hydrogen) atoms. The summed E-state index contributed by atoms with van der Waals surface area (Å²) in [7, 11) is 0. The molecule has 9 heteroatoms. The lowest BCUT2D eigenvalue weighted by Gasteiger charge is -2.33. The van der Waals surface area contributed by atoms with Crippen LogP contribution in [0.5, 0.6) is 0 Å². The molecule has 1 fully saturated rings. The molecular weight excluding hydrogens is 424 g/mol. The Balaban J connectivity index is 1.28. The number of amides is 3. The van der Waals surface area contributed by atoms with Crippen LogP contribution in [0.1, 0.15) is 42.9 Å². The van der Waals surface area contributed by atoms with Crippen LogP contribution in [0.4, 0.5) is 4.79 Å². The lowest BCUT2D eigenvalue weighted by Crippen LogP contribution is -2.46. The highest BCUT2D eigenvalue weighted by atomic mass is 16.6. The number of nitrogens with one attached hydrogen (secondary N) is 1. The number of nitrogens with zero attached hydrogens (tertiary/aromatic N) is 3. The van der Waals surface area contributed by atoms with Crippen molar-refractivity contribution in [1.29, 1.82) is 0 Å². The molecule has 1 saturated heterocycles. The van der Waals surface area contributed by atoms with Crippen LogP contribution in [-0.4, -0.2) is 39.5 Å². The summed E-state index contributed by atoms with van der Waals surface area (Å²) in [6, 6.07) is 16.2. The van der Waals surface area contributed by atoms with E-state index in [1.807, 2.05) is 54.6 Å². The Morgan fingerprint density at radius 1 is 1.15 bits per heavy atom. The van der Waals surface area contributed by atoms with Crippen molar-refractivity contribution in [3.05, 3.63) is 71.6 Å². The predicted molar refractivity (Wildman–Crippen MR) is 116 cm³/mol. The van der Waals surface area contributed by atoms with Crippen LogP contribution in [0.15, 0.2) is 59.0 Å². The maximum absolute atomic E-state index is 13.3.